The predicted octanol–water partition coefficient (Wildman–Crippen LogP) is 4.57. The molecule has 0 aliphatic carbocycles. The van der Waals surface area contributed by atoms with Crippen LogP contribution in [-0.4, -0.2) is 44.5 Å². The summed E-state index contributed by atoms with van der Waals surface area (Å²) in [6.45, 7) is 7.74. The van der Waals surface area contributed by atoms with Gasteiger partial charge in [0.2, 0.25) is 0 Å². The second-order valence-corrected chi connectivity index (χ2v) is 7.70. The van der Waals surface area contributed by atoms with E-state index in [0.29, 0.717) is 19.1 Å². The average molecular weight is 361 g/mol. The van der Waals surface area contributed by atoms with Crippen molar-refractivity contribution in [3.8, 4) is 11.3 Å². The van der Waals surface area contributed by atoms with Gasteiger partial charge in [0, 0.05) is 31.1 Å². The smallest absolute Gasteiger partial charge is 0.185 e. The molecule has 4 nitrogen and oxygen atoms in total. The highest BCUT2D eigenvalue weighted by atomic mass is 32.1. The standard InChI is InChI=1S/C20H28N2O2S/c1-15(2)16-6-8-17(9-7-16)19-14-25-20(21-19)22-10-4-5-18(13-22)24-12-11-23-3/h6-9,14-15,18H,4-5,10-13H2,1-3H3. The van der Waals surface area contributed by atoms with Crippen LogP contribution in [-0.2, 0) is 9.47 Å². The SMILES string of the molecule is COCCOC1CCCN(c2nc(-c3ccc(C(C)C)cc3)cs2)C1. The van der Waals surface area contributed by atoms with Gasteiger partial charge in [0.25, 0.3) is 0 Å². The van der Waals surface area contributed by atoms with Gasteiger partial charge in [-0.25, -0.2) is 4.98 Å². The molecule has 1 atom stereocenters. The van der Waals surface area contributed by atoms with Crippen LogP contribution in [0.15, 0.2) is 29.6 Å². The van der Waals surface area contributed by atoms with Gasteiger partial charge in [0.1, 0.15) is 0 Å². The van der Waals surface area contributed by atoms with Gasteiger partial charge in [0.05, 0.1) is 25.0 Å². The fourth-order valence-corrected chi connectivity index (χ4v) is 4.00. The number of ether oxygens (including phenoxy) is 2. The van der Waals surface area contributed by atoms with Crippen molar-refractivity contribution in [3.63, 3.8) is 0 Å². The summed E-state index contributed by atoms with van der Waals surface area (Å²) in [5, 5.41) is 3.26. The Bertz CT molecular complexity index is 654. The fraction of sp³-hybridized carbons (Fsp3) is 0.550. The molecular weight excluding hydrogens is 332 g/mol. The first-order valence-electron chi connectivity index (χ1n) is 9.08. The number of aromatic nitrogens is 1. The number of hydrogen-bond donors (Lipinski definition) is 0. The number of piperidine rings is 1. The van der Waals surface area contributed by atoms with Crippen LogP contribution in [0.25, 0.3) is 11.3 Å². The minimum atomic E-state index is 0.279. The molecule has 2 heterocycles. The first-order chi connectivity index (χ1) is 12.2. The van der Waals surface area contributed by atoms with Gasteiger partial charge in [-0.05, 0) is 24.3 Å². The van der Waals surface area contributed by atoms with Crippen molar-refractivity contribution < 1.29 is 9.47 Å². The summed E-state index contributed by atoms with van der Waals surface area (Å²) in [5.74, 6) is 0.559. The van der Waals surface area contributed by atoms with Gasteiger partial charge in [0.15, 0.2) is 5.13 Å². The van der Waals surface area contributed by atoms with Crippen LogP contribution in [0.1, 0.15) is 38.2 Å². The van der Waals surface area contributed by atoms with Crippen molar-refractivity contribution in [2.45, 2.75) is 38.7 Å². The molecule has 0 amide bonds. The summed E-state index contributed by atoms with van der Waals surface area (Å²) in [6.07, 6.45) is 2.55. The molecule has 3 rings (SSSR count). The number of nitrogens with zero attached hydrogens (tertiary/aromatic N) is 2. The van der Waals surface area contributed by atoms with Crippen LogP contribution in [0.2, 0.25) is 0 Å². The third-order valence-corrected chi connectivity index (χ3v) is 5.56. The number of rotatable bonds is 7. The minimum absolute atomic E-state index is 0.279. The van der Waals surface area contributed by atoms with Crippen molar-refractivity contribution in [2.24, 2.45) is 0 Å². The van der Waals surface area contributed by atoms with Crippen molar-refractivity contribution >= 4 is 16.5 Å². The molecule has 1 aliphatic rings. The molecule has 0 bridgehead atoms. The summed E-state index contributed by atoms with van der Waals surface area (Å²) in [4.78, 5) is 7.23. The molecule has 1 fully saturated rings. The van der Waals surface area contributed by atoms with E-state index >= 15 is 0 Å². The zero-order valence-corrected chi connectivity index (χ0v) is 16.2. The lowest BCUT2D eigenvalue weighted by molar-refractivity contribution is 0.0111. The maximum Gasteiger partial charge on any atom is 0.185 e. The molecule has 0 saturated carbocycles. The highest BCUT2D eigenvalue weighted by Crippen LogP contribution is 2.30. The van der Waals surface area contributed by atoms with E-state index in [1.807, 2.05) is 0 Å². The second-order valence-electron chi connectivity index (χ2n) is 6.87. The first kappa shape index (κ1) is 18.4. The zero-order chi connectivity index (χ0) is 17.6. The van der Waals surface area contributed by atoms with Crippen molar-refractivity contribution in [1.82, 2.24) is 4.98 Å². The molecule has 1 aromatic carbocycles. The number of hydrogen-bond acceptors (Lipinski definition) is 5. The van der Waals surface area contributed by atoms with Crippen LogP contribution in [0, 0.1) is 0 Å². The number of thiazole rings is 1. The second kappa shape index (κ2) is 8.79. The number of methoxy groups -OCH3 is 1. The van der Waals surface area contributed by atoms with E-state index in [9.17, 15) is 0 Å². The van der Waals surface area contributed by atoms with Crippen molar-refractivity contribution in [2.75, 3.05) is 38.3 Å². The zero-order valence-electron chi connectivity index (χ0n) is 15.4. The van der Waals surface area contributed by atoms with Crippen LogP contribution in [0.5, 0.6) is 0 Å². The Morgan fingerprint density at radius 3 is 2.76 bits per heavy atom. The molecule has 25 heavy (non-hydrogen) atoms. The van der Waals surface area contributed by atoms with E-state index in [4.69, 9.17) is 14.5 Å². The molecule has 1 aliphatic heterocycles. The van der Waals surface area contributed by atoms with E-state index in [-0.39, 0.29) is 6.10 Å². The van der Waals surface area contributed by atoms with Gasteiger partial charge >= 0.3 is 0 Å². The maximum absolute atomic E-state index is 5.91. The van der Waals surface area contributed by atoms with Crippen LogP contribution in [0.4, 0.5) is 5.13 Å². The van der Waals surface area contributed by atoms with E-state index < -0.39 is 0 Å². The minimum Gasteiger partial charge on any atom is -0.382 e. The lowest BCUT2D eigenvalue weighted by atomic mass is 10.0. The Kier molecular flexibility index (Phi) is 6.45. The molecular formula is C20H28N2O2S. The van der Waals surface area contributed by atoms with Gasteiger partial charge in [-0.3, -0.25) is 0 Å². The Hall–Kier alpha value is -1.43. The van der Waals surface area contributed by atoms with Gasteiger partial charge < -0.3 is 14.4 Å². The van der Waals surface area contributed by atoms with E-state index in [1.165, 1.54) is 11.1 Å². The molecule has 1 unspecified atom stereocenters. The van der Waals surface area contributed by atoms with Gasteiger partial charge in [-0.15, -0.1) is 11.3 Å². The lowest BCUT2D eigenvalue weighted by Gasteiger charge is -2.32. The van der Waals surface area contributed by atoms with Crippen molar-refractivity contribution in [1.29, 1.82) is 0 Å². The quantitative estimate of drug-likeness (QED) is 0.678. The molecule has 1 saturated heterocycles. The van der Waals surface area contributed by atoms with Gasteiger partial charge in [-0.2, -0.15) is 0 Å². The average Bonchev–Trinajstić information content (AvgIpc) is 3.12. The molecule has 1 aromatic heterocycles. The number of anilines is 1. The number of benzene rings is 1. The molecule has 0 N–H and O–H groups in total. The van der Waals surface area contributed by atoms with E-state index in [2.05, 4.69) is 48.4 Å². The summed E-state index contributed by atoms with van der Waals surface area (Å²) in [7, 11) is 1.71. The maximum atomic E-state index is 5.91. The third kappa shape index (κ3) is 4.81. The Labute approximate surface area is 154 Å². The van der Waals surface area contributed by atoms with Crippen LogP contribution < -0.4 is 4.90 Å². The summed E-state index contributed by atoms with van der Waals surface area (Å²) < 4.78 is 11.0. The lowest BCUT2D eigenvalue weighted by Crippen LogP contribution is -2.40. The third-order valence-electron chi connectivity index (χ3n) is 4.65. The highest BCUT2D eigenvalue weighted by molar-refractivity contribution is 7.14. The fourth-order valence-electron chi connectivity index (χ4n) is 3.13. The molecule has 0 spiro atoms. The molecule has 5 heteroatoms. The largest absolute Gasteiger partial charge is 0.382 e. The Morgan fingerprint density at radius 2 is 2.04 bits per heavy atom. The predicted molar refractivity (Wildman–Crippen MR) is 105 cm³/mol. The topological polar surface area (TPSA) is 34.6 Å². The van der Waals surface area contributed by atoms with E-state index in [0.717, 1.165) is 36.8 Å². The molecule has 136 valence electrons. The Morgan fingerprint density at radius 1 is 1.24 bits per heavy atom. The Balaban J connectivity index is 1.64. The van der Waals surface area contributed by atoms with Crippen molar-refractivity contribution in [3.05, 3.63) is 35.2 Å². The first-order valence-corrected chi connectivity index (χ1v) is 9.96. The highest BCUT2D eigenvalue weighted by Gasteiger charge is 2.22. The summed E-state index contributed by atoms with van der Waals surface area (Å²) in [6, 6.07) is 8.78. The van der Waals surface area contributed by atoms with E-state index in [1.54, 1.807) is 18.4 Å². The molecule has 0 radical (unpaired) electrons. The molecule has 2 aromatic rings. The van der Waals surface area contributed by atoms with Gasteiger partial charge in [-0.1, -0.05) is 38.1 Å². The summed E-state index contributed by atoms with van der Waals surface area (Å²) in [5.41, 5.74) is 3.63. The van der Waals surface area contributed by atoms with Crippen LogP contribution >= 0.6 is 11.3 Å². The summed E-state index contributed by atoms with van der Waals surface area (Å²) >= 11 is 1.73. The normalized spacial score (nSPS) is 18.1. The monoisotopic (exact) mass is 360 g/mol. The van der Waals surface area contributed by atoms with Crippen LogP contribution in [0.3, 0.4) is 0 Å².